The van der Waals surface area contributed by atoms with Gasteiger partial charge in [-0.05, 0) is 29.8 Å². The number of nitrogens with one attached hydrogen (secondary N) is 1. The summed E-state index contributed by atoms with van der Waals surface area (Å²) in [7, 11) is 1.56. The standard InChI is InChI=1S/C22H23ClN4O4/c1-29-18-5-3-2-4-17(18)24-21(28)12-20-25-22(31-26-20)14-27-10-11-30-19(13-27)15-6-8-16(23)9-7-15/h2-9,19H,10-14H2,1H3,(H,24,28)/t19-/m0/s1. The fraction of sp³-hybridized carbons (Fsp3) is 0.318. The van der Waals surface area contributed by atoms with Gasteiger partial charge in [0.15, 0.2) is 5.82 Å². The number of amides is 1. The summed E-state index contributed by atoms with van der Waals surface area (Å²) in [6.07, 6.45) is -0.0297. The van der Waals surface area contributed by atoms with Crippen LogP contribution in [0.3, 0.4) is 0 Å². The van der Waals surface area contributed by atoms with Crippen molar-refractivity contribution in [2.24, 2.45) is 0 Å². The molecule has 1 saturated heterocycles. The maximum atomic E-state index is 12.3. The number of carbonyl (C=O) groups excluding carboxylic acids is 1. The van der Waals surface area contributed by atoms with Crippen molar-refractivity contribution in [3.63, 3.8) is 0 Å². The van der Waals surface area contributed by atoms with Gasteiger partial charge in [0.25, 0.3) is 0 Å². The van der Waals surface area contributed by atoms with Crippen LogP contribution in [0.15, 0.2) is 53.1 Å². The third kappa shape index (κ3) is 5.61. The Kier molecular flexibility index (Phi) is 6.81. The molecule has 3 aromatic rings. The van der Waals surface area contributed by atoms with Crippen molar-refractivity contribution in [3.05, 3.63) is 70.8 Å². The minimum atomic E-state index is -0.244. The zero-order chi connectivity index (χ0) is 21.6. The second-order valence-electron chi connectivity index (χ2n) is 7.18. The quantitative estimate of drug-likeness (QED) is 0.599. The van der Waals surface area contributed by atoms with Gasteiger partial charge in [0, 0.05) is 18.1 Å². The zero-order valence-corrected chi connectivity index (χ0v) is 17.8. The molecular weight excluding hydrogens is 420 g/mol. The molecule has 1 aromatic heterocycles. The molecule has 9 heteroatoms. The van der Waals surface area contributed by atoms with E-state index in [1.165, 1.54) is 0 Å². The van der Waals surface area contributed by atoms with E-state index in [4.69, 9.17) is 25.6 Å². The molecule has 1 aliphatic rings. The van der Waals surface area contributed by atoms with Crippen molar-refractivity contribution in [1.29, 1.82) is 0 Å². The van der Waals surface area contributed by atoms with Gasteiger partial charge < -0.3 is 19.3 Å². The number of carbonyl (C=O) groups is 1. The van der Waals surface area contributed by atoms with Crippen LogP contribution in [0.25, 0.3) is 0 Å². The number of benzene rings is 2. The van der Waals surface area contributed by atoms with Crippen LogP contribution in [-0.4, -0.2) is 47.8 Å². The summed E-state index contributed by atoms with van der Waals surface area (Å²) in [6.45, 7) is 2.56. The predicted octanol–water partition coefficient (Wildman–Crippen LogP) is 3.49. The molecule has 2 heterocycles. The Balaban J connectivity index is 1.32. The van der Waals surface area contributed by atoms with Gasteiger partial charge in [-0.2, -0.15) is 4.98 Å². The molecule has 0 unspecified atom stereocenters. The smallest absolute Gasteiger partial charge is 0.240 e. The second kappa shape index (κ2) is 9.91. The molecule has 1 aliphatic heterocycles. The lowest BCUT2D eigenvalue weighted by molar-refractivity contribution is -0.115. The fourth-order valence-electron chi connectivity index (χ4n) is 3.43. The van der Waals surface area contributed by atoms with Crippen molar-refractivity contribution in [1.82, 2.24) is 15.0 Å². The highest BCUT2D eigenvalue weighted by Crippen LogP contribution is 2.25. The van der Waals surface area contributed by atoms with Crippen LogP contribution in [-0.2, 0) is 22.5 Å². The van der Waals surface area contributed by atoms with Gasteiger partial charge >= 0.3 is 0 Å². The van der Waals surface area contributed by atoms with Crippen LogP contribution in [0.1, 0.15) is 23.4 Å². The molecule has 162 valence electrons. The van der Waals surface area contributed by atoms with Gasteiger partial charge in [-0.25, -0.2) is 0 Å². The van der Waals surface area contributed by atoms with Crippen molar-refractivity contribution in [3.8, 4) is 5.75 Å². The Hall–Kier alpha value is -2.94. The van der Waals surface area contributed by atoms with Crippen LogP contribution in [0.5, 0.6) is 5.75 Å². The average Bonchev–Trinajstić information content (AvgIpc) is 3.21. The van der Waals surface area contributed by atoms with Crippen molar-refractivity contribution < 1.29 is 18.8 Å². The Bertz CT molecular complexity index is 1020. The number of hydrogen-bond acceptors (Lipinski definition) is 7. The molecule has 1 amide bonds. The SMILES string of the molecule is COc1ccccc1NC(=O)Cc1noc(CN2CCO[C@H](c3ccc(Cl)cc3)C2)n1. The molecule has 8 nitrogen and oxygen atoms in total. The monoisotopic (exact) mass is 442 g/mol. The largest absolute Gasteiger partial charge is 0.495 e. The number of hydrogen-bond donors (Lipinski definition) is 1. The summed E-state index contributed by atoms with van der Waals surface area (Å²) in [5, 5.41) is 7.45. The van der Waals surface area contributed by atoms with Crippen LogP contribution < -0.4 is 10.1 Å². The number of morpholine rings is 1. The molecule has 4 rings (SSSR count). The van der Waals surface area contributed by atoms with E-state index in [1.807, 2.05) is 36.4 Å². The number of nitrogens with zero attached hydrogens (tertiary/aromatic N) is 3. The summed E-state index contributed by atoms with van der Waals surface area (Å²) >= 11 is 5.97. The van der Waals surface area contributed by atoms with E-state index >= 15 is 0 Å². The minimum Gasteiger partial charge on any atom is -0.495 e. The van der Waals surface area contributed by atoms with Gasteiger partial charge in [-0.15, -0.1) is 0 Å². The number of methoxy groups -OCH3 is 1. The summed E-state index contributed by atoms with van der Waals surface area (Å²) < 4.78 is 16.5. The molecule has 0 spiro atoms. The van der Waals surface area contributed by atoms with Gasteiger partial charge in [-0.1, -0.05) is 41.0 Å². The summed E-state index contributed by atoms with van der Waals surface area (Å²) in [5.41, 5.74) is 1.67. The number of rotatable bonds is 7. The van der Waals surface area contributed by atoms with Gasteiger partial charge in [0.1, 0.15) is 5.75 Å². The first-order valence-electron chi connectivity index (χ1n) is 9.94. The second-order valence-corrected chi connectivity index (χ2v) is 7.61. The summed E-state index contributed by atoms with van der Waals surface area (Å²) in [4.78, 5) is 18.9. The highest BCUT2D eigenvalue weighted by molar-refractivity contribution is 6.30. The topological polar surface area (TPSA) is 89.7 Å². The van der Waals surface area contributed by atoms with E-state index in [0.717, 1.165) is 12.1 Å². The molecular formula is C22H23ClN4O4. The highest BCUT2D eigenvalue weighted by atomic mass is 35.5. The zero-order valence-electron chi connectivity index (χ0n) is 17.1. The first-order chi connectivity index (χ1) is 15.1. The molecule has 1 N–H and O–H groups in total. The number of anilines is 1. The normalized spacial score (nSPS) is 16.8. The Morgan fingerprint density at radius 2 is 2.06 bits per heavy atom. The van der Waals surface area contributed by atoms with E-state index < -0.39 is 0 Å². The molecule has 0 radical (unpaired) electrons. The van der Waals surface area contributed by atoms with E-state index in [9.17, 15) is 4.79 Å². The number of para-hydroxylation sites is 2. The third-order valence-electron chi connectivity index (χ3n) is 4.96. The molecule has 1 atom stereocenters. The molecule has 0 aliphatic carbocycles. The number of ether oxygens (including phenoxy) is 2. The first-order valence-corrected chi connectivity index (χ1v) is 10.3. The van der Waals surface area contributed by atoms with Crippen molar-refractivity contribution >= 4 is 23.2 Å². The molecule has 1 fully saturated rings. The Morgan fingerprint density at radius 3 is 2.87 bits per heavy atom. The van der Waals surface area contributed by atoms with Gasteiger partial charge in [0.05, 0.1) is 38.5 Å². The van der Waals surface area contributed by atoms with Crippen molar-refractivity contribution in [2.45, 2.75) is 19.1 Å². The van der Waals surface area contributed by atoms with E-state index in [-0.39, 0.29) is 18.4 Å². The fourth-order valence-corrected chi connectivity index (χ4v) is 3.55. The average molecular weight is 443 g/mol. The Morgan fingerprint density at radius 1 is 1.26 bits per heavy atom. The van der Waals surface area contributed by atoms with Crippen molar-refractivity contribution in [2.75, 3.05) is 32.1 Å². The lowest BCUT2D eigenvalue weighted by atomic mass is 10.1. The van der Waals surface area contributed by atoms with E-state index in [1.54, 1.807) is 19.2 Å². The number of halogens is 1. The van der Waals surface area contributed by atoms with Crippen LogP contribution >= 0.6 is 11.6 Å². The predicted molar refractivity (Wildman–Crippen MR) is 115 cm³/mol. The summed E-state index contributed by atoms with van der Waals surface area (Å²) in [5.74, 6) is 1.15. The molecule has 31 heavy (non-hydrogen) atoms. The lowest BCUT2D eigenvalue weighted by Crippen LogP contribution is -2.37. The third-order valence-corrected chi connectivity index (χ3v) is 5.21. The summed E-state index contributed by atoms with van der Waals surface area (Å²) in [6, 6.07) is 14.9. The van der Waals surface area contributed by atoms with Crippen LogP contribution in [0, 0.1) is 0 Å². The van der Waals surface area contributed by atoms with Gasteiger partial charge in [0.2, 0.25) is 11.8 Å². The van der Waals surface area contributed by atoms with Gasteiger partial charge in [-0.3, -0.25) is 9.69 Å². The van der Waals surface area contributed by atoms with E-state index in [0.29, 0.717) is 47.9 Å². The molecule has 0 bridgehead atoms. The highest BCUT2D eigenvalue weighted by Gasteiger charge is 2.24. The minimum absolute atomic E-state index is 0.0120. The first kappa shape index (κ1) is 21.3. The van der Waals surface area contributed by atoms with E-state index in [2.05, 4.69) is 20.4 Å². The van der Waals surface area contributed by atoms with Crippen LogP contribution in [0.2, 0.25) is 5.02 Å². The Labute approximate surface area is 185 Å². The number of aromatic nitrogens is 2. The maximum absolute atomic E-state index is 12.3. The lowest BCUT2D eigenvalue weighted by Gasteiger charge is -2.32. The van der Waals surface area contributed by atoms with Crippen LogP contribution in [0.4, 0.5) is 5.69 Å². The molecule has 2 aromatic carbocycles. The maximum Gasteiger partial charge on any atom is 0.240 e. The molecule has 0 saturated carbocycles.